The maximum Gasteiger partial charge on any atom is 0.223 e. The van der Waals surface area contributed by atoms with Crippen LogP contribution in [0.25, 0.3) is 0 Å². The topological polar surface area (TPSA) is 67.4 Å². The van der Waals surface area contributed by atoms with Gasteiger partial charge >= 0.3 is 0 Å². The molecule has 1 aliphatic heterocycles. The Balaban J connectivity index is 1.29. The van der Waals surface area contributed by atoms with Crippen molar-refractivity contribution in [3.8, 4) is 0 Å². The van der Waals surface area contributed by atoms with Crippen LogP contribution in [-0.4, -0.2) is 37.6 Å². The normalized spacial score (nSPS) is 25.1. The zero-order chi connectivity index (χ0) is 22.3. The van der Waals surface area contributed by atoms with E-state index in [0.29, 0.717) is 25.3 Å². The molecule has 2 aromatic rings. The van der Waals surface area contributed by atoms with Crippen LogP contribution < -0.4 is 10.6 Å². The summed E-state index contributed by atoms with van der Waals surface area (Å²) in [5, 5.41) is 6.28. The lowest BCUT2D eigenvalue weighted by molar-refractivity contribution is -0.131. The van der Waals surface area contributed by atoms with Crippen molar-refractivity contribution < 1.29 is 14.3 Å². The molecule has 2 N–H and O–H groups in total. The second-order valence-electron chi connectivity index (χ2n) is 9.20. The predicted molar refractivity (Wildman–Crippen MR) is 125 cm³/mol. The number of ether oxygens (including phenoxy) is 1. The van der Waals surface area contributed by atoms with Gasteiger partial charge in [0.15, 0.2) is 0 Å². The molecule has 32 heavy (non-hydrogen) atoms. The van der Waals surface area contributed by atoms with Crippen molar-refractivity contribution >= 4 is 11.8 Å². The highest BCUT2D eigenvalue weighted by atomic mass is 16.5. The van der Waals surface area contributed by atoms with Crippen LogP contribution in [0, 0.1) is 11.8 Å². The number of methoxy groups -OCH3 is 1. The summed E-state index contributed by atoms with van der Waals surface area (Å²) >= 11 is 0. The number of rotatable bonds is 8. The standard InChI is InChI=1S/C27H34N2O3/c1-32-23-13-12-21-16-22(27(31)29-25(21)17-23)14-15-28-26(30)18-24(19-8-4-2-5-9-19)20-10-6-3-7-11-20/h2-11,21-25H,12-18H2,1H3,(H,28,30)(H,29,31). The number of benzene rings is 2. The molecule has 2 aliphatic rings. The van der Waals surface area contributed by atoms with Gasteiger partial charge in [-0.25, -0.2) is 0 Å². The van der Waals surface area contributed by atoms with E-state index in [-0.39, 0.29) is 35.8 Å². The molecule has 1 saturated carbocycles. The van der Waals surface area contributed by atoms with E-state index in [2.05, 4.69) is 34.9 Å². The highest BCUT2D eigenvalue weighted by Gasteiger charge is 2.39. The van der Waals surface area contributed by atoms with Crippen molar-refractivity contribution in [2.45, 2.75) is 56.6 Å². The van der Waals surface area contributed by atoms with Gasteiger partial charge in [-0.2, -0.15) is 0 Å². The van der Waals surface area contributed by atoms with Gasteiger partial charge < -0.3 is 15.4 Å². The van der Waals surface area contributed by atoms with Crippen LogP contribution in [0.5, 0.6) is 0 Å². The third kappa shape index (κ3) is 5.57. The highest BCUT2D eigenvalue weighted by Crippen LogP contribution is 2.35. The minimum absolute atomic E-state index is 0.0188. The molecule has 2 aromatic carbocycles. The molecule has 4 atom stereocenters. The maximum atomic E-state index is 12.8. The molecule has 170 valence electrons. The van der Waals surface area contributed by atoms with Crippen LogP contribution in [0.4, 0.5) is 0 Å². The number of nitrogens with one attached hydrogen (secondary N) is 2. The second kappa shape index (κ2) is 10.8. The Morgan fingerprint density at radius 2 is 1.69 bits per heavy atom. The maximum absolute atomic E-state index is 12.8. The number of piperidine rings is 1. The van der Waals surface area contributed by atoms with Crippen molar-refractivity contribution in [1.29, 1.82) is 0 Å². The summed E-state index contributed by atoms with van der Waals surface area (Å²) in [7, 11) is 1.75. The molecule has 1 saturated heterocycles. The fourth-order valence-corrected chi connectivity index (χ4v) is 5.33. The summed E-state index contributed by atoms with van der Waals surface area (Å²) in [6.07, 6.45) is 5.34. The van der Waals surface area contributed by atoms with Crippen molar-refractivity contribution in [2.24, 2.45) is 11.8 Å². The van der Waals surface area contributed by atoms with Crippen LogP contribution in [0.15, 0.2) is 60.7 Å². The van der Waals surface area contributed by atoms with Gasteiger partial charge in [-0.05, 0) is 49.1 Å². The summed E-state index contributed by atoms with van der Waals surface area (Å²) in [4.78, 5) is 25.4. The van der Waals surface area contributed by atoms with Gasteiger partial charge in [0.1, 0.15) is 0 Å². The fraction of sp³-hybridized carbons (Fsp3) is 0.481. The fourth-order valence-electron chi connectivity index (χ4n) is 5.33. The number of carbonyl (C=O) groups excluding carboxylic acids is 2. The van der Waals surface area contributed by atoms with Crippen LogP contribution in [0.3, 0.4) is 0 Å². The minimum Gasteiger partial charge on any atom is -0.381 e. The van der Waals surface area contributed by atoms with Gasteiger partial charge in [-0.1, -0.05) is 60.7 Å². The number of hydrogen-bond donors (Lipinski definition) is 2. The quantitative estimate of drug-likeness (QED) is 0.659. The molecular formula is C27H34N2O3. The number of hydrogen-bond acceptors (Lipinski definition) is 3. The van der Waals surface area contributed by atoms with Gasteiger partial charge in [-0.3, -0.25) is 9.59 Å². The van der Waals surface area contributed by atoms with Crippen LogP contribution in [-0.2, 0) is 14.3 Å². The van der Waals surface area contributed by atoms with E-state index in [0.717, 1.165) is 36.8 Å². The lowest BCUT2D eigenvalue weighted by Crippen LogP contribution is -2.53. The van der Waals surface area contributed by atoms with E-state index in [9.17, 15) is 9.59 Å². The molecule has 0 bridgehead atoms. The molecule has 5 nitrogen and oxygen atoms in total. The number of fused-ring (bicyclic) bond motifs is 1. The van der Waals surface area contributed by atoms with Gasteiger partial charge in [-0.15, -0.1) is 0 Å². The largest absolute Gasteiger partial charge is 0.381 e. The van der Waals surface area contributed by atoms with Crippen molar-refractivity contribution in [1.82, 2.24) is 10.6 Å². The molecule has 0 aromatic heterocycles. The lowest BCUT2D eigenvalue weighted by Gasteiger charge is -2.41. The molecule has 4 unspecified atom stereocenters. The molecular weight excluding hydrogens is 400 g/mol. The van der Waals surface area contributed by atoms with Crippen LogP contribution in [0.2, 0.25) is 0 Å². The van der Waals surface area contributed by atoms with E-state index in [4.69, 9.17) is 4.74 Å². The Hall–Kier alpha value is -2.66. The molecule has 1 aliphatic carbocycles. The van der Waals surface area contributed by atoms with E-state index < -0.39 is 0 Å². The Labute approximate surface area is 190 Å². The first-order valence-electron chi connectivity index (χ1n) is 11.8. The van der Waals surface area contributed by atoms with Gasteiger partial charge in [0.2, 0.25) is 11.8 Å². The number of carbonyl (C=O) groups is 2. The predicted octanol–water partition coefficient (Wildman–Crippen LogP) is 4.03. The van der Waals surface area contributed by atoms with E-state index in [1.165, 1.54) is 0 Å². The summed E-state index contributed by atoms with van der Waals surface area (Å²) in [5.74, 6) is 0.684. The first-order chi connectivity index (χ1) is 15.6. The highest BCUT2D eigenvalue weighted by molar-refractivity contribution is 5.80. The average Bonchev–Trinajstić information content (AvgIpc) is 2.83. The molecule has 5 heteroatoms. The molecule has 4 rings (SSSR count). The van der Waals surface area contributed by atoms with E-state index >= 15 is 0 Å². The van der Waals surface area contributed by atoms with Crippen LogP contribution >= 0.6 is 0 Å². The van der Waals surface area contributed by atoms with Crippen molar-refractivity contribution in [3.63, 3.8) is 0 Å². The Kier molecular flexibility index (Phi) is 7.59. The molecule has 1 heterocycles. The average molecular weight is 435 g/mol. The first-order valence-corrected chi connectivity index (χ1v) is 11.8. The zero-order valence-corrected chi connectivity index (χ0v) is 18.8. The van der Waals surface area contributed by atoms with Gasteiger partial charge in [0, 0.05) is 38.0 Å². The van der Waals surface area contributed by atoms with E-state index in [1.54, 1.807) is 7.11 Å². The summed E-state index contributed by atoms with van der Waals surface area (Å²) in [5.41, 5.74) is 2.27. The van der Waals surface area contributed by atoms with E-state index in [1.807, 2.05) is 36.4 Å². The summed E-state index contributed by atoms with van der Waals surface area (Å²) < 4.78 is 5.49. The minimum atomic E-state index is -0.0188. The third-order valence-corrected chi connectivity index (χ3v) is 7.17. The molecule has 0 radical (unpaired) electrons. The monoisotopic (exact) mass is 434 g/mol. The zero-order valence-electron chi connectivity index (χ0n) is 18.8. The third-order valence-electron chi connectivity index (χ3n) is 7.17. The van der Waals surface area contributed by atoms with Crippen LogP contribution in [0.1, 0.15) is 55.6 Å². The van der Waals surface area contributed by atoms with Crippen molar-refractivity contribution in [2.75, 3.05) is 13.7 Å². The summed E-state index contributed by atoms with van der Waals surface area (Å²) in [6, 6.07) is 20.6. The lowest BCUT2D eigenvalue weighted by atomic mass is 9.74. The Morgan fingerprint density at radius 1 is 1.03 bits per heavy atom. The SMILES string of the molecule is COC1CCC2CC(CCNC(=O)CC(c3ccccc3)c3ccccc3)C(=O)NC2C1. The van der Waals surface area contributed by atoms with Gasteiger partial charge in [0.25, 0.3) is 0 Å². The molecule has 2 amide bonds. The van der Waals surface area contributed by atoms with Gasteiger partial charge in [0.05, 0.1) is 6.10 Å². The Morgan fingerprint density at radius 3 is 2.31 bits per heavy atom. The number of amides is 2. The molecule has 2 fully saturated rings. The Bertz CT molecular complexity index is 847. The smallest absolute Gasteiger partial charge is 0.223 e. The first kappa shape index (κ1) is 22.5. The molecule has 0 spiro atoms. The van der Waals surface area contributed by atoms with Crippen molar-refractivity contribution in [3.05, 3.63) is 71.8 Å². The summed E-state index contributed by atoms with van der Waals surface area (Å²) in [6.45, 7) is 0.533. The second-order valence-corrected chi connectivity index (χ2v) is 9.20.